The predicted octanol–water partition coefficient (Wildman–Crippen LogP) is 6.37. The molecule has 1 saturated heterocycles. The van der Waals surface area contributed by atoms with Crippen LogP contribution in [0.5, 0.6) is 17.4 Å². The van der Waals surface area contributed by atoms with Crippen molar-refractivity contribution in [2.75, 3.05) is 13.7 Å². The van der Waals surface area contributed by atoms with Crippen LogP contribution >= 0.6 is 0 Å². The Balaban J connectivity index is 1.26. The number of pyridine rings is 2. The van der Waals surface area contributed by atoms with E-state index in [1.807, 2.05) is 26.8 Å². The van der Waals surface area contributed by atoms with Gasteiger partial charge in [0, 0.05) is 17.7 Å². The zero-order valence-electron chi connectivity index (χ0n) is 37.9. The Morgan fingerprint density at radius 3 is 2.38 bits per heavy atom. The normalized spacial score (nSPS) is 26.8. The van der Waals surface area contributed by atoms with Gasteiger partial charge in [0.1, 0.15) is 35.2 Å². The Morgan fingerprint density at radius 1 is 1.00 bits per heavy atom. The van der Waals surface area contributed by atoms with E-state index < -0.39 is 86.4 Å². The van der Waals surface area contributed by atoms with Crippen LogP contribution in [0.3, 0.4) is 0 Å². The number of alkyl carbamates (subject to hydrolysis) is 1. The van der Waals surface area contributed by atoms with E-state index in [9.17, 15) is 40.8 Å². The summed E-state index contributed by atoms with van der Waals surface area (Å²) in [6.45, 7) is 8.52. The molecule has 3 aromatic rings. The fourth-order valence-corrected chi connectivity index (χ4v) is 9.89. The standard InChI is InChI=1S/C46H57F3N6O10S/c1-25(2)63-31-13-17-35(50-23-31)36-20-28-19-30(62-7)12-16-34(28)40(51-36)64-32-21-37-39(56)53-45(42(58)54-66(60,61)33-14-15-33)22-29(45)11-9-8-10-26(3)18-27(4)38(41(57)55(37)24-32)52-43(59)65-44(5,6)46(47,48)49/h9,11-13,16-17,19-20,23,25-27,29,32-33,37-38H,8,10,14-15,18,21-22,24H2,1-7H3,(H,52,59)(H,53,56)(H,54,58)/b11-9-/t26-,27+,29+,32+,37-,38-,45+/m0/s1. The van der Waals surface area contributed by atoms with Crippen molar-refractivity contribution in [2.24, 2.45) is 17.8 Å². The summed E-state index contributed by atoms with van der Waals surface area (Å²) in [5, 5.41) is 5.70. The third-order valence-electron chi connectivity index (χ3n) is 12.6. The smallest absolute Gasteiger partial charge is 0.427 e. The number of nitrogens with one attached hydrogen (secondary N) is 3. The fourth-order valence-electron chi connectivity index (χ4n) is 8.53. The number of allylic oxidation sites excluding steroid dienone is 1. The molecule has 3 fully saturated rings. The van der Waals surface area contributed by atoms with Gasteiger partial charge in [-0.05, 0) is 120 Å². The van der Waals surface area contributed by atoms with Gasteiger partial charge in [-0.2, -0.15) is 13.2 Å². The minimum Gasteiger partial charge on any atom is -0.497 e. The SMILES string of the molecule is COc1ccc2c(O[C@@H]3C[C@H]4C(=O)N[C@]5(C(=O)NS(=O)(=O)C6CC6)C[C@H]5/C=C\CC[C@H](C)C[C@@H](C)[C@H](NC(=O)OC(C)(C)C(F)(F)F)C(=O)N4C3)nc(-c3ccc(OC(C)C)cn3)cc2c1. The molecule has 0 bridgehead atoms. The Kier molecular flexibility index (Phi) is 13.6. The van der Waals surface area contributed by atoms with E-state index in [0.717, 1.165) is 0 Å². The molecule has 4 amide bonds. The fraction of sp³-hybridized carbons (Fsp3) is 0.565. The molecular formula is C46H57F3N6O10S. The number of hydrogen-bond acceptors (Lipinski definition) is 12. The molecule has 358 valence electrons. The average molecular weight is 943 g/mol. The number of carbonyl (C=O) groups excluding carboxylic acids is 4. The molecular weight excluding hydrogens is 886 g/mol. The molecule has 2 aliphatic carbocycles. The van der Waals surface area contributed by atoms with Gasteiger partial charge >= 0.3 is 12.3 Å². The third-order valence-corrected chi connectivity index (χ3v) is 14.4. The summed E-state index contributed by atoms with van der Waals surface area (Å²) in [7, 11) is -2.49. The molecule has 16 nitrogen and oxygen atoms in total. The second-order valence-corrected chi connectivity index (χ2v) is 20.7. The van der Waals surface area contributed by atoms with E-state index in [2.05, 4.69) is 20.3 Å². The number of ether oxygens (including phenoxy) is 4. The lowest BCUT2D eigenvalue weighted by Crippen LogP contribution is -2.59. The van der Waals surface area contributed by atoms with Crippen LogP contribution in [0.4, 0.5) is 18.0 Å². The molecule has 1 aromatic carbocycles. The highest BCUT2D eigenvalue weighted by Crippen LogP contribution is 2.46. The summed E-state index contributed by atoms with van der Waals surface area (Å²) < 4.78 is 92.5. The van der Waals surface area contributed by atoms with Crippen LogP contribution in [0.1, 0.15) is 86.5 Å². The maximum Gasteiger partial charge on any atom is 0.427 e. The third kappa shape index (κ3) is 10.6. The summed E-state index contributed by atoms with van der Waals surface area (Å²) in [6, 6.07) is 7.70. The van der Waals surface area contributed by atoms with Crippen molar-refractivity contribution in [3.05, 3.63) is 54.7 Å². The van der Waals surface area contributed by atoms with Gasteiger partial charge in [-0.15, -0.1) is 0 Å². The number of nitrogens with zero attached hydrogens (tertiary/aromatic N) is 3. The lowest BCUT2D eigenvalue weighted by molar-refractivity contribution is -0.244. The molecule has 4 heterocycles. The van der Waals surface area contributed by atoms with Gasteiger partial charge in [0.2, 0.25) is 33.3 Å². The van der Waals surface area contributed by atoms with Crippen LogP contribution in [-0.4, -0.2) is 108 Å². The van der Waals surface area contributed by atoms with E-state index >= 15 is 0 Å². The maximum atomic E-state index is 15.0. The number of aromatic nitrogens is 2. The van der Waals surface area contributed by atoms with E-state index in [-0.39, 0.29) is 37.3 Å². The molecule has 7 rings (SSSR count). The van der Waals surface area contributed by atoms with Gasteiger partial charge in [-0.1, -0.05) is 26.0 Å². The maximum absolute atomic E-state index is 15.0. The molecule has 0 spiro atoms. The lowest BCUT2D eigenvalue weighted by atomic mass is 9.88. The van der Waals surface area contributed by atoms with Gasteiger partial charge < -0.3 is 34.5 Å². The van der Waals surface area contributed by atoms with Crippen LogP contribution in [0.25, 0.3) is 22.2 Å². The van der Waals surface area contributed by atoms with Crippen molar-refractivity contribution in [1.82, 2.24) is 30.2 Å². The van der Waals surface area contributed by atoms with Crippen LogP contribution in [0.15, 0.2) is 54.7 Å². The van der Waals surface area contributed by atoms with E-state index in [0.29, 0.717) is 79.6 Å². The van der Waals surface area contributed by atoms with Crippen molar-refractivity contribution >= 4 is 44.6 Å². The van der Waals surface area contributed by atoms with Crippen LogP contribution in [0, 0.1) is 17.8 Å². The molecule has 2 saturated carbocycles. The highest BCUT2D eigenvalue weighted by Gasteiger charge is 2.62. The highest BCUT2D eigenvalue weighted by molar-refractivity contribution is 7.91. The van der Waals surface area contributed by atoms with Crippen LogP contribution < -0.4 is 29.6 Å². The number of methoxy groups -OCH3 is 1. The zero-order valence-corrected chi connectivity index (χ0v) is 38.8. The Morgan fingerprint density at radius 2 is 1.73 bits per heavy atom. The molecule has 7 atom stereocenters. The quantitative estimate of drug-likeness (QED) is 0.180. The van der Waals surface area contributed by atoms with Gasteiger partial charge in [-0.3, -0.25) is 24.1 Å². The van der Waals surface area contributed by atoms with E-state index in [4.69, 9.17) is 23.9 Å². The van der Waals surface area contributed by atoms with Gasteiger partial charge in [0.05, 0.1) is 42.6 Å². The van der Waals surface area contributed by atoms with Gasteiger partial charge in [-0.25, -0.2) is 18.2 Å². The van der Waals surface area contributed by atoms with Crippen molar-refractivity contribution in [2.45, 2.75) is 133 Å². The molecule has 2 aromatic heterocycles. The van der Waals surface area contributed by atoms with Crippen molar-refractivity contribution in [3.63, 3.8) is 0 Å². The number of fused-ring (bicyclic) bond motifs is 3. The Labute approximate surface area is 381 Å². The molecule has 20 heteroatoms. The first-order chi connectivity index (χ1) is 31.0. The monoisotopic (exact) mass is 942 g/mol. The lowest BCUT2D eigenvalue weighted by Gasteiger charge is -2.34. The predicted molar refractivity (Wildman–Crippen MR) is 236 cm³/mol. The molecule has 4 aliphatic rings. The summed E-state index contributed by atoms with van der Waals surface area (Å²) >= 11 is 0. The van der Waals surface area contributed by atoms with Crippen LogP contribution in [0.2, 0.25) is 0 Å². The largest absolute Gasteiger partial charge is 0.497 e. The number of rotatable bonds is 11. The minimum absolute atomic E-state index is 0.0608. The first kappa shape index (κ1) is 48.3. The molecule has 0 unspecified atom stereocenters. The first-order valence-electron chi connectivity index (χ1n) is 22.2. The summed E-state index contributed by atoms with van der Waals surface area (Å²) in [4.78, 5) is 67.5. The molecule has 3 N–H and O–H groups in total. The zero-order chi connectivity index (χ0) is 47.9. The highest BCUT2D eigenvalue weighted by atomic mass is 32.2. The summed E-state index contributed by atoms with van der Waals surface area (Å²) in [5.41, 5.74) is -3.68. The Bertz CT molecular complexity index is 2480. The summed E-state index contributed by atoms with van der Waals surface area (Å²) in [5.74, 6) is -2.59. The van der Waals surface area contributed by atoms with Gasteiger partial charge in [0.15, 0.2) is 0 Å². The topological polar surface area (TPSA) is 204 Å². The van der Waals surface area contributed by atoms with E-state index in [1.165, 1.54) is 12.0 Å². The number of amides is 4. The molecule has 66 heavy (non-hydrogen) atoms. The second kappa shape index (κ2) is 18.6. The number of hydrogen-bond donors (Lipinski definition) is 3. The average Bonchev–Trinajstić information content (AvgIpc) is 4.17. The van der Waals surface area contributed by atoms with Crippen LogP contribution in [-0.2, 0) is 29.1 Å². The minimum atomic E-state index is -4.93. The number of halogens is 3. The number of sulfonamides is 1. The first-order valence-corrected chi connectivity index (χ1v) is 23.7. The molecule has 0 radical (unpaired) electrons. The Hall–Kier alpha value is -5.66. The molecule has 2 aliphatic heterocycles. The van der Waals surface area contributed by atoms with Crippen molar-refractivity contribution in [3.8, 4) is 28.8 Å². The number of alkyl halides is 3. The second-order valence-electron chi connectivity index (χ2n) is 18.7. The van der Waals surface area contributed by atoms with Gasteiger partial charge in [0.25, 0.3) is 5.91 Å². The summed E-state index contributed by atoms with van der Waals surface area (Å²) in [6.07, 6.45) is -0.0558. The number of benzene rings is 1. The van der Waals surface area contributed by atoms with Crippen molar-refractivity contribution < 1.29 is 59.7 Å². The number of carbonyl (C=O) groups is 4. The van der Waals surface area contributed by atoms with E-state index in [1.54, 1.807) is 55.6 Å². The van der Waals surface area contributed by atoms with Crippen molar-refractivity contribution in [1.29, 1.82) is 0 Å².